The molecule has 2 aromatic carbocycles. The second-order valence-electron chi connectivity index (χ2n) is 4.89. The molecule has 1 fully saturated rings. The molecule has 0 aromatic heterocycles. The Morgan fingerprint density at radius 1 is 1.05 bits per heavy atom. The first-order chi connectivity index (χ1) is 9.34. The number of ether oxygens (including phenoxy) is 1. The molecule has 3 rings (SSSR count). The van der Waals surface area contributed by atoms with Gasteiger partial charge in [0.05, 0.1) is 0 Å². The van der Waals surface area contributed by atoms with E-state index in [4.69, 9.17) is 4.74 Å². The zero-order valence-electron chi connectivity index (χ0n) is 10.8. The van der Waals surface area contributed by atoms with Gasteiger partial charge in [-0.3, -0.25) is 4.79 Å². The number of carbonyl (C=O) groups is 1. The van der Waals surface area contributed by atoms with Crippen molar-refractivity contribution in [2.24, 2.45) is 0 Å². The summed E-state index contributed by atoms with van der Waals surface area (Å²) in [5.74, 6) is 0.0173. The molecule has 1 aliphatic rings. The first-order valence-corrected chi connectivity index (χ1v) is 6.71. The minimum atomic E-state index is 0.0173. The predicted octanol–water partition coefficient (Wildman–Crippen LogP) is 2.75. The molecule has 3 nitrogen and oxygen atoms in total. The van der Waals surface area contributed by atoms with Crippen molar-refractivity contribution in [2.45, 2.75) is 18.9 Å². The van der Waals surface area contributed by atoms with Crippen molar-refractivity contribution >= 4 is 16.7 Å². The van der Waals surface area contributed by atoms with Crippen molar-refractivity contribution < 1.29 is 9.53 Å². The summed E-state index contributed by atoms with van der Waals surface area (Å²) in [7, 11) is 0. The molecule has 0 bridgehead atoms. The molecule has 0 radical (unpaired) electrons. The van der Waals surface area contributed by atoms with Gasteiger partial charge in [-0.15, -0.1) is 0 Å². The molecule has 0 spiro atoms. The molecule has 19 heavy (non-hydrogen) atoms. The van der Waals surface area contributed by atoms with Gasteiger partial charge < -0.3 is 10.1 Å². The van der Waals surface area contributed by atoms with Gasteiger partial charge in [-0.2, -0.15) is 0 Å². The maximum Gasteiger partial charge on any atom is 0.252 e. The van der Waals surface area contributed by atoms with Crippen LogP contribution in [0.5, 0.6) is 0 Å². The third-order valence-electron chi connectivity index (χ3n) is 3.59. The van der Waals surface area contributed by atoms with Crippen LogP contribution < -0.4 is 5.32 Å². The normalized spacial score (nSPS) is 16.4. The van der Waals surface area contributed by atoms with E-state index in [2.05, 4.69) is 5.32 Å². The molecule has 0 aliphatic carbocycles. The Morgan fingerprint density at radius 2 is 1.79 bits per heavy atom. The van der Waals surface area contributed by atoms with Gasteiger partial charge in [-0.1, -0.05) is 36.4 Å². The Kier molecular flexibility index (Phi) is 3.47. The van der Waals surface area contributed by atoms with Gasteiger partial charge in [0, 0.05) is 24.8 Å². The Bertz CT molecular complexity index is 583. The van der Waals surface area contributed by atoms with Gasteiger partial charge >= 0.3 is 0 Å². The molecule has 3 heteroatoms. The average Bonchev–Trinajstić information content (AvgIpc) is 2.47. The average molecular weight is 255 g/mol. The van der Waals surface area contributed by atoms with E-state index >= 15 is 0 Å². The van der Waals surface area contributed by atoms with Crippen molar-refractivity contribution in [2.75, 3.05) is 13.2 Å². The monoisotopic (exact) mass is 255 g/mol. The topological polar surface area (TPSA) is 38.3 Å². The third-order valence-corrected chi connectivity index (χ3v) is 3.59. The fourth-order valence-electron chi connectivity index (χ4n) is 2.53. The van der Waals surface area contributed by atoms with Crippen LogP contribution in [-0.2, 0) is 4.74 Å². The Hall–Kier alpha value is -1.87. The molecule has 1 heterocycles. The standard InChI is InChI=1S/C16H17NO2/c18-16(17-13-8-10-19-11-9-13)15-7-3-5-12-4-1-2-6-14(12)15/h1-7,13H,8-11H2,(H,17,18). The molecule has 0 saturated carbocycles. The number of hydrogen-bond donors (Lipinski definition) is 1. The molecule has 0 unspecified atom stereocenters. The number of carbonyl (C=O) groups excluding carboxylic acids is 1. The van der Waals surface area contributed by atoms with Crippen LogP contribution in [0, 0.1) is 0 Å². The first kappa shape index (κ1) is 12.2. The molecule has 98 valence electrons. The highest BCUT2D eigenvalue weighted by atomic mass is 16.5. The molecule has 1 N–H and O–H groups in total. The van der Waals surface area contributed by atoms with Crippen LogP contribution >= 0.6 is 0 Å². The van der Waals surface area contributed by atoms with Crippen LogP contribution in [0.1, 0.15) is 23.2 Å². The quantitative estimate of drug-likeness (QED) is 0.896. The minimum Gasteiger partial charge on any atom is -0.381 e. The number of fused-ring (bicyclic) bond motifs is 1. The lowest BCUT2D eigenvalue weighted by atomic mass is 10.0. The maximum atomic E-state index is 12.4. The van der Waals surface area contributed by atoms with Crippen molar-refractivity contribution in [3.8, 4) is 0 Å². The highest BCUT2D eigenvalue weighted by molar-refractivity contribution is 6.07. The SMILES string of the molecule is O=C(NC1CCOCC1)c1cccc2ccccc12. The molecule has 1 aliphatic heterocycles. The van der Waals surface area contributed by atoms with E-state index in [9.17, 15) is 4.79 Å². The van der Waals surface area contributed by atoms with E-state index < -0.39 is 0 Å². The first-order valence-electron chi connectivity index (χ1n) is 6.71. The molecule has 1 saturated heterocycles. The van der Waals surface area contributed by atoms with Crippen LogP contribution in [0.4, 0.5) is 0 Å². The molecular weight excluding hydrogens is 238 g/mol. The highest BCUT2D eigenvalue weighted by Gasteiger charge is 2.17. The van der Waals surface area contributed by atoms with Crippen molar-refractivity contribution in [3.63, 3.8) is 0 Å². The van der Waals surface area contributed by atoms with Crippen LogP contribution in [0.2, 0.25) is 0 Å². The van der Waals surface area contributed by atoms with Gasteiger partial charge in [0.25, 0.3) is 5.91 Å². The summed E-state index contributed by atoms with van der Waals surface area (Å²) >= 11 is 0. The van der Waals surface area contributed by atoms with Gasteiger partial charge in [-0.25, -0.2) is 0 Å². The van der Waals surface area contributed by atoms with Crippen LogP contribution in [-0.4, -0.2) is 25.2 Å². The lowest BCUT2D eigenvalue weighted by Crippen LogP contribution is -2.38. The lowest BCUT2D eigenvalue weighted by molar-refractivity contribution is 0.0697. The summed E-state index contributed by atoms with van der Waals surface area (Å²) in [6, 6.07) is 14.1. The summed E-state index contributed by atoms with van der Waals surface area (Å²) in [6.07, 6.45) is 1.80. The Labute approximate surface area is 112 Å². The Balaban J connectivity index is 1.85. The summed E-state index contributed by atoms with van der Waals surface area (Å²) in [5.41, 5.74) is 0.754. The summed E-state index contributed by atoms with van der Waals surface area (Å²) < 4.78 is 5.31. The number of hydrogen-bond acceptors (Lipinski definition) is 2. The highest BCUT2D eigenvalue weighted by Crippen LogP contribution is 2.19. The second kappa shape index (κ2) is 5.41. The maximum absolute atomic E-state index is 12.4. The minimum absolute atomic E-state index is 0.0173. The summed E-state index contributed by atoms with van der Waals surface area (Å²) in [4.78, 5) is 12.4. The zero-order chi connectivity index (χ0) is 13.1. The predicted molar refractivity (Wildman–Crippen MR) is 75.3 cm³/mol. The fourth-order valence-corrected chi connectivity index (χ4v) is 2.53. The Morgan fingerprint density at radius 3 is 2.63 bits per heavy atom. The number of nitrogens with one attached hydrogen (secondary N) is 1. The molecule has 1 amide bonds. The van der Waals surface area contributed by atoms with E-state index in [0.717, 1.165) is 42.4 Å². The van der Waals surface area contributed by atoms with Gasteiger partial charge in [0.2, 0.25) is 0 Å². The van der Waals surface area contributed by atoms with Crippen molar-refractivity contribution in [3.05, 3.63) is 48.0 Å². The second-order valence-corrected chi connectivity index (χ2v) is 4.89. The lowest BCUT2D eigenvalue weighted by Gasteiger charge is -2.23. The fraction of sp³-hybridized carbons (Fsp3) is 0.312. The molecular formula is C16H17NO2. The number of amides is 1. The van der Waals surface area contributed by atoms with Gasteiger partial charge in [-0.05, 0) is 29.7 Å². The van der Waals surface area contributed by atoms with E-state index in [1.54, 1.807) is 0 Å². The van der Waals surface area contributed by atoms with E-state index in [-0.39, 0.29) is 11.9 Å². The molecule has 2 aromatic rings. The zero-order valence-corrected chi connectivity index (χ0v) is 10.8. The van der Waals surface area contributed by atoms with Crippen LogP contribution in [0.3, 0.4) is 0 Å². The number of benzene rings is 2. The van der Waals surface area contributed by atoms with E-state index in [0.29, 0.717) is 0 Å². The summed E-state index contributed by atoms with van der Waals surface area (Å²) in [5, 5.41) is 5.22. The number of rotatable bonds is 2. The van der Waals surface area contributed by atoms with E-state index in [1.165, 1.54) is 0 Å². The third kappa shape index (κ3) is 2.61. The van der Waals surface area contributed by atoms with Crippen LogP contribution in [0.15, 0.2) is 42.5 Å². The van der Waals surface area contributed by atoms with Crippen molar-refractivity contribution in [1.82, 2.24) is 5.32 Å². The summed E-state index contributed by atoms with van der Waals surface area (Å²) in [6.45, 7) is 1.47. The van der Waals surface area contributed by atoms with Gasteiger partial charge in [0.15, 0.2) is 0 Å². The molecule has 0 atom stereocenters. The van der Waals surface area contributed by atoms with Crippen LogP contribution in [0.25, 0.3) is 10.8 Å². The largest absolute Gasteiger partial charge is 0.381 e. The van der Waals surface area contributed by atoms with E-state index in [1.807, 2.05) is 42.5 Å². The van der Waals surface area contributed by atoms with Crippen molar-refractivity contribution in [1.29, 1.82) is 0 Å². The van der Waals surface area contributed by atoms with Gasteiger partial charge in [0.1, 0.15) is 0 Å². The smallest absolute Gasteiger partial charge is 0.252 e.